The Hall–Kier alpha value is -1.09. The van der Waals surface area contributed by atoms with E-state index in [1.807, 2.05) is 22.9 Å². The molecule has 1 fully saturated rings. The molecule has 0 unspecified atom stereocenters. The van der Waals surface area contributed by atoms with Crippen LogP contribution in [0, 0.1) is 0 Å². The number of nitrogens with zero attached hydrogens (tertiary/aromatic N) is 4. The van der Waals surface area contributed by atoms with Gasteiger partial charge in [-0.2, -0.15) is 5.10 Å². The topological polar surface area (TPSA) is 81.7 Å². The molecule has 162 valence electrons. The van der Waals surface area contributed by atoms with Crippen LogP contribution in [-0.2, 0) is 4.74 Å². The van der Waals surface area contributed by atoms with E-state index in [0.717, 1.165) is 16.6 Å². The molecule has 1 saturated heterocycles. The molecule has 0 bridgehead atoms. The van der Waals surface area contributed by atoms with Gasteiger partial charge in [-0.05, 0) is 32.0 Å². The first-order chi connectivity index (χ1) is 13.3. The van der Waals surface area contributed by atoms with Crippen LogP contribution in [0.25, 0.3) is 15.6 Å². The maximum atomic E-state index is 11.8. The van der Waals surface area contributed by atoms with Gasteiger partial charge in [0.15, 0.2) is 0 Å². The van der Waals surface area contributed by atoms with Crippen molar-refractivity contribution in [1.82, 2.24) is 9.78 Å². The van der Waals surface area contributed by atoms with Gasteiger partial charge in [0.25, 0.3) is 0 Å². The minimum absolute atomic E-state index is 0. The SMILES string of the molecule is CC(C)n1ncc2cc(N3C[C@H](CO)OC3=O)ccc21.C[Si](C)(C)[N-][Si](C)(C)C.[Li+]. The van der Waals surface area contributed by atoms with E-state index in [1.54, 1.807) is 6.20 Å². The Labute approximate surface area is 194 Å². The fourth-order valence-electron chi connectivity index (χ4n) is 3.45. The van der Waals surface area contributed by atoms with Gasteiger partial charge in [-0.25, -0.2) is 4.79 Å². The number of amides is 1. The molecule has 1 aromatic carbocycles. The average molecular weight is 443 g/mol. The smallest absolute Gasteiger partial charge is 0.668 e. The monoisotopic (exact) mass is 442 g/mol. The van der Waals surface area contributed by atoms with E-state index in [1.165, 1.54) is 4.90 Å². The standard InChI is InChI=1S/C14H17N3O3.C6H18NSi2.Li/c1-9(2)17-13-4-3-11(5-10(13)6-15-17)16-7-12(8-18)20-14(16)19;1-8(2,3)7-9(4,5)6;/h3-6,9,12,18H,7-8H2,1-2H3;1-6H3;/q;-1;+1/t12-;;/m1../s1. The van der Waals surface area contributed by atoms with E-state index in [2.05, 4.69) is 58.2 Å². The van der Waals surface area contributed by atoms with Gasteiger partial charge in [0.05, 0.1) is 24.9 Å². The van der Waals surface area contributed by atoms with Crippen LogP contribution >= 0.6 is 0 Å². The molecule has 0 radical (unpaired) electrons. The van der Waals surface area contributed by atoms with Crippen LogP contribution in [0.3, 0.4) is 0 Å². The molecule has 1 amide bonds. The summed E-state index contributed by atoms with van der Waals surface area (Å²) in [5, 5.41) is 14.4. The van der Waals surface area contributed by atoms with Crippen molar-refractivity contribution >= 4 is 39.2 Å². The molecule has 30 heavy (non-hydrogen) atoms. The zero-order valence-electron chi connectivity index (χ0n) is 19.9. The Morgan fingerprint density at radius 2 is 1.80 bits per heavy atom. The Balaban J connectivity index is 0.000000387. The molecule has 10 heteroatoms. The molecular weight excluding hydrogens is 407 g/mol. The van der Waals surface area contributed by atoms with Crippen molar-refractivity contribution in [1.29, 1.82) is 0 Å². The van der Waals surface area contributed by atoms with E-state index in [4.69, 9.17) is 14.5 Å². The first kappa shape index (κ1) is 26.9. The number of aliphatic hydroxyl groups excluding tert-OH is 1. The summed E-state index contributed by atoms with van der Waals surface area (Å²) in [5.41, 5.74) is 1.80. The van der Waals surface area contributed by atoms with Crippen LogP contribution < -0.4 is 23.8 Å². The van der Waals surface area contributed by atoms with Gasteiger partial charge in [-0.1, -0.05) is 55.8 Å². The van der Waals surface area contributed by atoms with Gasteiger partial charge in [0.2, 0.25) is 0 Å². The Bertz CT molecular complexity index is 835. The molecule has 2 heterocycles. The van der Waals surface area contributed by atoms with Crippen LogP contribution in [0.4, 0.5) is 10.5 Å². The van der Waals surface area contributed by atoms with E-state index < -0.39 is 28.7 Å². The van der Waals surface area contributed by atoms with Gasteiger partial charge in [-0.3, -0.25) is 9.58 Å². The summed E-state index contributed by atoms with van der Waals surface area (Å²) in [4.78, 5) is 13.3. The summed E-state index contributed by atoms with van der Waals surface area (Å²) in [5.74, 6) is 0. The first-order valence-electron chi connectivity index (χ1n) is 10.1. The summed E-state index contributed by atoms with van der Waals surface area (Å²) >= 11 is 0. The second kappa shape index (κ2) is 10.5. The number of hydrogen-bond acceptors (Lipinski definition) is 4. The van der Waals surface area contributed by atoms with Crippen LogP contribution in [0.2, 0.25) is 39.3 Å². The second-order valence-electron chi connectivity index (χ2n) is 9.68. The molecule has 1 N–H and O–H groups in total. The number of rotatable bonds is 5. The van der Waals surface area contributed by atoms with Gasteiger partial charge < -0.3 is 14.5 Å². The van der Waals surface area contributed by atoms with Gasteiger partial charge >= 0.3 is 25.0 Å². The molecule has 0 aliphatic carbocycles. The molecule has 1 aliphatic rings. The first-order valence-corrected chi connectivity index (χ1v) is 17.0. The van der Waals surface area contributed by atoms with Crippen LogP contribution in [-0.4, -0.2) is 56.7 Å². The molecule has 2 aromatic rings. The van der Waals surface area contributed by atoms with E-state index >= 15 is 0 Å². The maximum Gasteiger partial charge on any atom is 1.00 e. The third kappa shape index (κ3) is 7.55. The molecule has 0 spiro atoms. The average Bonchev–Trinajstić information content (AvgIpc) is 3.14. The molecule has 1 atom stereocenters. The number of carbonyl (C=O) groups is 1. The van der Waals surface area contributed by atoms with E-state index in [0.29, 0.717) is 6.54 Å². The normalized spacial score (nSPS) is 16.9. The fourth-order valence-corrected chi connectivity index (χ4v) is 11.5. The summed E-state index contributed by atoms with van der Waals surface area (Å²) in [6.07, 6.45) is 0.931. The zero-order chi connectivity index (χ0) is 22.0. The minimum Gasteiger partial charge on any atom is -0.668 e. The van der Waals surface area contributed by atoms with E-state index in [-0.39, 0.29) is 31.5 Å². The second-order valence-corrected chi connectivity index (χ2v) is 19.3. The van der Waals surface area contributed by atoms with Crippen molar-refractivity contribution < 1.29 is 33.5 Å². The Morgan fingerprint density at radius 1 is 1.20 bits per heavy atom. The number of aromatic nitrogens is 2. The van der Waals surface area contributed by atoms with Gasteiger partial charge in [0.1, 0.15) is 6.10 Å². The number of ether oxygens (including phenoxy) is 1. The molecule has 7 nitrogen and oxygen atoms in total. The van der Waals surface area contributed by atoms with Crippen molar-refractivity contribution in [3.05, 3.63) is 29.0 Å². The number of carbonyl (C=O) groups excluding carboxylic acids is 1. The quantitative estimate of drug-likeness (QED) is 0.718. The van der Waals surface area contributed by atoms with Crippen molar-refractivity contribution in [2.45, 2.75) is 65.3 Å². The van der Waals surface area contributed by atoms with E-state index in [9.17, 15) is 4.79 Å². The molecular formula is C20H35LiN4O3Si2. The summed E-state index contributed by atoms with van der Waals surface area (Å²) in [6, 6.07) is 6.04. The predicted octanol–water partition coefficient (Wildman–Crippen LogP) is 1.97. The third-order valence-corrected chi connectivity index (χ3v) is 9.50. The van der Waals surface area contributed by atoms with Crippen molar-refractivity contribution in [2.75, 3.05) is 18.1 Å². The number of benzene rings is 1. The summed E-state index contributed by atoms with van der Waals surface area (Å²) in [7, 11) is -2.21. The number of anilines is 1. The largest absolute Gasteiger partial charge is 1.00 e. The van der Waals surface area contributed by atoms with Crippen LogP contribution in [0.5, 0.6) is 0 Å². The fraction of sp³-hybridized carbons (Fsp3) is 0.600. The molecule has 0 saturated carbocycles. The molecule has 1 aliphatic heterocycles. The Morgan fingerprint density at radius 3 is 2.23 bits per heavy atom. The van der Waals surface area contributed by atoms with Gasteiger partial charge in [0, 0.05) is 17.1 Å². The van der Waals surface area contributed by atoms with Gasteiger partial charge in [-0.15, -0.1) is 0 Å². The van der Waals surface area contributed by atoms with Crippen molar-refractivity contribution in [3.63, 3.8) is 0 Å². The third-order valence-electron chi connectivity index (χ3n) is 4.13. The molecule has 1 aromatic heterocycles. The van der Waals surface area contributed by atoms with Crippen LogP contribution in [0.1, 0.15) is 19.9 Å². The zero-order valence-corrected chi connectivity index (χ0v) is 21.9. The molecule has 3 rings (SSSR count). The number of aliphatic hydroxyl groups is 1. The maximum absolute atomic E-state index is 11.8. The number of cyclic esters (lactones) is 1. The summed E-state index contributed by atoms with van der Waals surface area (Å²) < 4.78 is 11.8. The van der Waals surface area contributed by atoms with Crippen molar-refractivity contribution in [3.8, 4) is 0 Å². The Kier molecular flexibility index (Phi) is 9.42. The minimum atomic E-state index is -1.11. The van der Waals surface area contributed by atoms with Crippen molar-refractivity contribution in [2.24, 2.45) is 0 Å². The number of fused-ring (bicyclic) bond motifs is 1. The predicted molar refractivity (Wildman–Crippen MR) is 125 cm³/mol. The number of hydrogen-bond donors (Lipinski definition) is 1. The van der Waals surface area contributed by atoms with Crippen LogP contribution in [0.15, 0.2) is 24.4 Å². The summed E-state index contributed by atoms with van der Waals surface area (Å²) in [6.45, 7) is 18.1.